The second kappa shape index (κ2) is 9.17. The van der Waals surface area contributed by atoms with Gasteiger partial charge in [0.05, 0.1) is 11.6 Å². The molecule has 0 unspecified atom stereocenters. The molecular weight excluding hydrogens is 412 g/mol. The van der Waals surface area contributed by atoms with Gasteiger partial charge >= 0.3 is 0 Å². The number of ether oxygens (including phenoxy) is 1. The number of benzene rings is 3. The van der Waals surface area contributed by atoms with Gasteiger partial charge in [-0.05, 0) is 48.4 Å². The van der Waals surface area contributed by atoms with Crippen molar-refractivity contribution in [1.82, 2.24) is 4.57 Å². The molecule has 1 aromatic heterocycles. The zero-order chi connectivity index (χ0) is 22.6. The quantitative estimate of drug-likeness (QED) is 0.393. The van der Waals surface area contributed by atoms with E-state index in [2.05, 4.69) is 5.32 Å². The summed E-state index contributed by atoms with van der Waals surface area (Å²) in [7, 11) is 0. The molecule has 1 aliphatic rings. The first-order valence-electron chi connectivity index (χ1n) is 11.1. The van der Waals surface area contributed by atoms with Crippen molar-refractivity contribution in [3.05, 3.63) is 120 Å². The van der Waals surface area contributed by atoms with Crippen LogP contribution in [0.1, 0.15) is 39.6 Å². The Morgan fingerprint density at radius 3 is 2.27 bits per heavy atom. The molecule has 5 rings (SSSR count). The highest BCUT2D eigenvalue weighted by molar-refractivity contribution is 6.08. The molecule has 1 atom stereocenters. The van der Waals surface area contributed by atoms with E-state index < -0.39 is 0 Å². The number of carbonyl (C=O) groups excluding carboxylic acids is 2. The van der Waals surface area contributed by atoms with Gasteiger partial charge in [0.15, 0.2) is 0 Å². The van der Waals surface area contributed by atoms with Crippen LogP contribution in [0.5, 0.6) is 5.75 Å². The fraction of sp³-hybridized carbons (Fsp3) is 0.143. The molecule has 2 heterocycles. The van der Waals surface area contributed by atoms with Crippen LogP contribution < -0.4 is 10.1 Å². The Balaban J connectivity index is 1.23. The molecule has 5 nitrogen and oxygen atoms in total. The summed E-state index contributed by atoms with van der Waals surface area (Å²) in [6.45, 7) is 1.15. The molecule has 164 valence electrons. The third-order valence-corrected chi connectivity index (χ3v) is 5.97. The molecule has 1 aliphatic heterocycles. The third kappa shape index (κ3) is 4.44. The zero-order valence-corrected chi connectivity index (χ0v) is 18.1. The first-order valence-corrected chi connectivity index (χ1v) is 11.1. The van der Waals surface area contributed by atoms with E-state index >= 15 is 0 Å². The Bertz CT molecular complexity index is 1260. The molecular formula is C28H24N2O3. The normalized spacial score (nSPS) is 14.5. The minimum Gasteiger partial charge on any atom is -0.489 e. The average Bonchev–Trinajstić information content (AvgIpc) is 3.47. The number of nitrogens with one attached hydrogen (secondary N) is 1. The predicted molar refractivity (Wildman–Crippen MR) is 128 cm³/mol. The molecule has 0 radical (unpaired) electrons. The molecule has 0 bridgehead atoms. The Kier molecular flexibility index (Phi) is 5.77. The lowest BCUT2D eigenvalue weighted by Gasteiger charge is -2.12. The minimum atomic E-state index is -0.281. The van der Waals surface area contributed by atoms with Gasteiger partial charge in [0.25, 0.3) is 0 Å². The highest BCUT2D eigenvalue weighted by Gasteiger charge is 2.32. The maximum atomic E-state index is 13.0. The molecule has 0 aliphatic carbocycles. The van der Waals surface area contributed by atoms with Crippen LogP contribution in [0.4, 0.5) is 5.69 Å². The van der Waals surface area contributed by atoms with Crippen LogP contribution in [0.2, 0.25) is 0 Å². The smallest absolute Gasteiger partial charge is 0.233 e. The number of fused-ring (bicyclic) bond motifs is 1. The number of carbonyl (C=O) groups is 2. The van der Waals surface area contributed by atoms with Crippen LogP contribution in [0, 0.1) is 0 Å². The highest BCUT2D eigenvalue weighted by Crippen LogP contribution is 2.32. The van der Waals surface area contributed by atoms with Gasteiger partial charge in [-0.1, -0.05) is 60.7 Å². The van der Waals surface area contributed by atoms with E-state index in [1.54, 1.807) is 0 Å². The van der Waals surface area contributed by atoms with Crippen molar-refractivity contribution in [3.63, 3.8) is 0 Å². The van der Waals surface area contributed by atoms with Crippen LogP contribution >= 0.6 is 0 Å². The lowest BCUT2D eigenvalue weighted by Crippen LogP contribution is -2.19. The number of nitrogens with zero attached hydrogens (tertiary/aromatic N) is 1. The van der Waals surface area contributed by atoms with Crippen LogP contribution in [0.15, 0.2) is 97.1 Å². The maximum Gasteiger partial charge on any atom is 0.233 e. The van der Waals surface area contributed by atoms with E-state index in [4.69, 9.17) is 4.74 Å². The Hall–Kier alpha value is -4.12. The predicted octanol–water partition coefficient (Wildman–Crippen LogP) is 5.42. The van der Waals surface area contributed by atoms with Gasteiger partial charge in [-0.25, -0.2) is 0 Å². The largest absolute Gasteiger partial charge is 0.489 e. The summed E-state index contributed by atoms with van der Waals surface area (Å²) in [4.78, 5) is 25.9. The number of hydrogen-bond donors (Lipinski definition) is 1. The second-order valence-corrected chi connectivity index (χ2v) is 8.12. The molecule has 5 heteroatoms. The van der Waals surface area contributed by atoms with Crippen molar-refractivity contribution in [1.29, 1.82) is 0 Å². The van der Waals surface area contributed by atoms with Crippen molar-refractivity contribution >= 4 is 17.4 Å². The van der Waals surface area contributed by atoms with Gasteiger partial charge in [-0.3, -0.25) is 9.59 Å². The molecule has 0 spiro atoms. The summed E-state index contributed by atoms with van der Waals surface area (Å²) >= 11 is 0. The zero-order valence-electron chi connectivity index (χ0n) is 18.1. The number of hydrogen-bond acceptors (Lipinski definition) is 3. The molecule has 0 saturated heterocycles. The lowest BCUT2D eigenvalue weighted by molar-refractivity contribution is -0.117. The molecule has 4 aromatic rings. The molecule has 0 saturated carbocycles. The monoisotopic (exact) mass is 436 g/mol. The van der Waals surface area contributed by atoms with Gasteiger partial charge in [0.1, 0.15) is 12.4 Å². The van der Waals surface area contributed by atoms with E-state index in [0.717, 1.165) is 22.7 Å². The van der Waals surface area contributed by atoms with Gasteiger partial charge in [-0.2, -0.15) is 0 Å². The fourth-order valence-electron chi connectivity index (χ4n) is 4.25. The highest BCUT2D eigenvalue weighted by atomic mass is 16.5. The Labute approximate surface area is 192 Å². The topological polar surface area (TPSA) is 60.3 Å². The lowest BCUT2D eigenvalue weighted by atomic mass is 10.0. The summed E-state index contributed by atoms with van der Waals surface area (Å²) in [5.41, 5.74) is 3.99. The van der Waals surface area contributed by atoms with Crippen molar-refractivity contribution in [2.45, 2.75) is 25.5 Å². The first kappa shape index (κ1) is 20.8. The number of anilines is 1. The fourth-order valence-corrected chi connectivity index (χ4v) is 4.25. The minimum absolute atomic E-state index is 0.0194. The van der Waals surface area contributed by atoms with E-state index in [9.17, 15) is 9.59 Å². The molecule has 0 fully saturated rings. The molecule has 1 N–H and O–H groups in total. The number of ketones is 1. The Morgan fingerprint density at radius 1 is 0.848 bits per heavy atom. The van der Waals surface area contributed by atoms with Gasteiger partial charge < -0.3 is 14.6 Å². The molecule has 33 heavy (non-hydrogen) atoms. The van der Waals surface area contributed by atoms with E-state index in [1.807, 2.05) is 102 Å². The van der Waals surface area contributed by atoms with Crippen molar-refractivity contribution < 1.29 is 14.3 Å². The third-order valence-electron chi connectivity index (χ3n) is 5.97. The summed E-state index contributed by atoms with van der Waals surface area (Å²) in [6, 6.07) is 30.3. The summed E-state index contributed by atoms with van der Waals surface area (Å²) in [5, 5.41) is 3.00. The van der Waals surface area contributed by atoms with Gasteiger partial charge in [0.2, 0.25) is 11.7 Å². The number of aromatic nitrogens is 1. The van der Waals surface area contributed by atoms with Gasteiger partial charge in [0, 0.05) is 23.5 Å². The molecule has 1 amide bonds. The number of amides is 1. The first-order chi connectivity index (χ1) is 16.2. The van der Waals surface area contributed by atoms with E-state index in [0.29, 0.717) is 30.8 Å². The standard InChI is InChI=1S/C28H24N2O3/c31-27(21-9-5-2-6-10-21)26-16-15-25-24(17-18-30(25)26)28(32)29-22-11-13-23(14-12-22)33-19-20-7-3-1-4-8-20/h1-16,24H,17-19H2,(H,29,32)/t24-/m0/s1. The van der Waals surface area contributed by atoms with Crippen LogP contribution in [-0.2, 0) is 17.9 Å². The summed E-state index contributed by atoms with van der Waals surface area (Å²) < 4.78 is 7.78. The average molecular weight is 437 g/mol. The van der Waals surface area contributed by atoms with Crippen LogP contribution in [0.25, 0.3) is 0 Å². The summed E-state index contributed by atoms with van der Waals surface area (Å²) in [5.74, 6) is 0.379. The maximum absolute atomic E-state index is 13.0. The van der Waals surface area contributed by atoms with Gasteiger partial charge in [-0.15, -0.1) is 0 Å². The Morgan fingerprint density at radius 2 is 1.55 bits per heavy atom. The molecule has 3 aromatic carbocycles. The van der Waals surface area contributed by atoms with Crippen molar-refractivity contribution in [2.75, 3.05) is 5.32 Å². The van der Waals surface area contributed by atoms with Crippen LogP contribution in [0.3, 0.4) is 0 Å². The van der Waals surface area contributed by atoms with Crippen LogP contribution in [-0.4, -0.2) is 16.3 Å². The van der Waals surface area contributed by atoms with E-state index in [1.165, 1.54) is 0 Å². The van der Waals surface area contributed by atoms with E-state index in [-0.39, 0.29) is 17.6 Å². The van der Waals surface area contributed by atoms with Crippen molar-refractivity contribution in [3.8, 4) is 5.75 Å². The summed E-state index contributed by atoms with van der Waals surface area (Å²) in [6.07, 6.45) is 0.676. The SMILES string of the molecule is O=C(c1ccccc1)c1ccc2n1CC[C@@H]2C(=O)Nc1ccc(OCc2ccccc2)cc1. The number of rotatable bonds is 7. The second-order valence-electron chi connectivity index (χ2n) is 8.12. The van der Waals surface area contributed by atoms with Crippen molar-refractivity contribution in [2.24, 2.45) is 0 Å².